The molecule has 10 heteroatoms. The lowest BCUT2D eigenvalue weighted by Crippen LogP contribution is -2.64. The molecule has 2 amide bonds. The van der Waals surface area contributed by atoms with Crippen molar-refractivity contribution in [1.29, 1.82) is 0 Å². The Morgan fingerprint density at radius 3 is 2.70 bits per heavy atom. The van der Waals surface area contributed by atoms with Crippen LogP contribution in [0.15, 0.2) is 6.33 Å². The number of rotatable bonds is 2. The number of nitrogens with one attached hydrogen (secondary N) is 1. The van der Waals surface area contributed by atoms with Crippen molar-refractivity contribution < 1.29 is 14.5 Å². The number of hydrogen-bond donors (Lipinski definition) is 1. The van der Waals surface area contributed by atoms with Gasteiger partial charge in [-0.15, -0.1) is 0 Å². The van der Waals surface area contributed by atoms with E-state index >= 15 is 0 Å². The molecule has 1 saturated heterocycles. The van der Waals surface area contributed by atoms with Crippen LogP contribution in [0.4, 0.5) is 11.5 Å². The van der Waals surface area contributed by atoms with Crippen LogP contribution in [0, 0.1) is 10.1 Å². The van der Waals surface area contributed by atoms with Gasteiger partial charge in [0.25, 0.3) is 5.91 Å². The molecule has 1 fully saturated rings. The number of carbonyl (C=O) groups excluding carboxylic acids is 2. The first kappa shape index (κ1) is 14.1. The normalized spacial score (nSPS) is 17.9. The van der Waals surface area contributed by atoms with Crippen molar-refractivity contribution in [3.8, 4) is 0 Å². The number of aromatic nitrogens is 2. The zero-order chi connectivity index (χ0) is 15.1. The summed E-state index contributed by atoms with van der Waals surface area (Å²) in [7, 11) is 0. The smallest absolute Gasteiger partial charge is 0.327 e. The highest BCUT2D eigenvalue weighted by atomic mass is 35.5. The van der Waals surface area contributed by atoms with E-state index in [0.29, 0.717) is 0 Å². The lowest BCUT2D eigenvalue weighted by Gasteiger charge is -2.40. The van der Waals surface area contributed by atoms with E-state index in [9.17, 15) is 19.7 Å². The molecule has 0 atom stereocenters. The second kappa shape index (κ2) is 4.67. The summed E-state index contributed by atoms with van der Waals surface area (Å²) in [6.07, 6.45) is 1.04. The van der Waals surface area contributed by atoms with Crippen LogP contribution < -0.4 is 10.2 Å². The highest BCUT2D eigenvalue weighted by Crippen LogP contribution is 2.35. The molecule has 0 radical (unpaired) electrons. The van der Waals surface area contributed by atoms with Crippen molar-refractivity contribution in [2.45, 2.75) is 19.4 Å². The van der Waals surface area contributed by atoms with Gasteiger partial charge < -0.3 is 4.90 Å². The van der Waals surface area contributed by atoms with E-state index in [1.54, 1.807) is 0 Å². The van der Waals surface area contributed by atoms with Crippen molar-refractivity contribution in [2.75, 3.05) is 11.4 Å². The third-order valence-corrected chi connectivity index (χ3v) is 3.26. The third kappa shape index (κ3) is 2.16. The van der Waals surface area contributed by atoms with Crippen LogP contribution in [0.25, 0.3) is 0 Å². The fourth-order valence-corrected chi connectivity index (χ4v) is 2.02. The Bertz CT molecular complexity index is 618. The first-order valence-corrected chi connectivity index (χ1v) is 5.89. The molecular formula is C10H10ClN5O4. The number of carbonyl (C=O) groups is 2. The van der Waals surface area contributed by atoms with Crippen LogP contribution >= 0.6 is 11.6 Å². The molecule has 0 unspecified atom stereocenters. The first-order valence-electron chi connectivity index (χ1n) is 5.52. The topological polar surface area (TPSA) is 118 Å². The number of nitrogens with zero attached hydrogens (tertiary/aromatic N) is 4. The van der Waals surface area contributed by atoms with Crippen molar-refractivity contribution in [3.05, 3.63) is 21.6 Å². The molecule has 0 saturated carbocycles. The molecule has 1 aliphatic heterocycles. The molecule has 0 spiro atoms. The quantitative estimate of drug-likeness (QED) is 0.360. The SMILES string of the molecule is CC1(C)C(=O)NC(=O)CN1c1ncnc(Cl)c1[N+](=O)[O-]. The zero-order valence-corrected chi connectivity index (χ0v) is 11.3. The van der Waals surface area contributed by atoms with Gasteiger partial charge in [0.05, 0.1) is 4.92 Å². The first-order chi connectivity index (χ1) is 9.25. The fourth-order valence-electron chi connectivity index (χ4n) is 1.83. The Labute approximate surface area is 118 Å². The van der Waals surface area contributed by atoms with Crippen molar-refractivity contribution in [1.82, 2.24) is 15.3 Å². The summed E-state index contributed by atoms with van der Waals surface area (Å²) in [6.45, 7) is 2.80. The van der Waals surface area contributed by atoms with E-state index in [1.807, 2.05) is 0 Å². The lowest BCUT2D eigenvalue weighted by molar-refractivity contribution is -0.384. The average molecular weight is 300 g/mol. The number of nitro groups is 1. The Morgan fingerprint density at radius 1 is 1.45 bits per heavy atom. The maximum atomic E-state index is 11.9. The van der Waals surface area contributed by atoms with E-state index in [1.165, 1.54) is 18.7 Å². The van der Waals surface area contributed by atoms with Gasteiger partial charge in [-0.2, -0.15) is 0 Å². The van der Waals surface area contributed by atoms with Gasteiger partial charge in [0.15, 0.2) is 0 Å². The Balaban J connectivity index is 2.60. The number of amides is 2. The standard InChI is InChI=1S/C10H10ClN5O4/c1-10(2)9(18)14-5(17)3-15(10)8-6(16(19)20)7(11)12-4-13-8/h4H,3H2,1-2H3,(H,14,17,18). The molecule has 106 valence electrons. The molecule has 1 aromatic rings. The van der Waals surface area contributed by atoms with Crippen LogP contribution in [0.2, 0.25) is 5.15 Å². The van der Waals surface area contributed by atoms with Crippen molar-refractivity contribution in [2.24, 2.45) is 0 Å². The van der Waals surface area contributed by atoms with E-state index in [4.69, 9.17) is 11.6 Å². The summed E-state index contributed by atoms with van der Waals surface area (Å²) >= 11 is 5.70. The Kier molecular flexibility index (Phi) is 3.30. The van der Waals surface area contributed by atoms with E-state index in [-0.39, 0.29) is 17.5 Å². The summed E-state index contributed by atoms with van der Waals surface area (Å²) in [4.78, 5) is 42.3. The number of piperazine rings is 1. The van der Waals surface area contributed by atoms with Gasteiger partial charge in [0.2, 0.25) is 16.9 Å². The second-order valence-electron chi connectivity index (χ2n) is 4.62. The van der Waals surface area contributed by atoms with Gasteiger partial charge in [-0.25, -0.2) is 9.97 Å². The fraction of sp³-hybridized carbons (Fsp3) is 0.400. The predicted molar refractivity (Wildman–Crippen MR) is 68.3 cm³/mol. The van der Waals surface area contributed by atoms with Gasteiger partial charge in [0, 0.05) is 0 Å². The van der Waals surface area contributed by atoms with Gasteiger partial charge in [-0.1, -0.05) is 11.6 Å². The largest absolute Gasteiger partial charge is 0.348 e. The molecule has 0 aliphatic carbocycles. The lowest BCUT2D eigenvalue weighted by atomic mass is 9.98. The van der Waals surface area contributed by atoms with Gasteiger partial charge in [-0.05, 0) is 13.8 Å². The Hall–Kier alpha value is -2.29. The molecule has 20 heavy (non-hydrogen) atoms. The second-order valence-corrected chi connectivity index (χ2v) is 4.97. The van der Waals surface area contributed by atoms with Gasteiger partial charge >= 0.3 is 5.69 Å². The van der Waals surface area contributed by atoms with Gasteiger partial charge in [0.1, 0.15) is 18.4 Å². The van der Waals surface area contributed by atoms with Crippen LogP contribution in [0.1, 0.15) is 13.8 Å². The van der Waals surface area contributed by atoms with Crippen LogP contribution in [0.3, 0.4) is 0 Å². The molecule has 0 bridgehead atoms. The average Bonchev–Trinajstić information content (AvgIpc) is 2.33. The van der Waals surface area contributed by atoms with Crippen LogP contribution in [0.5, 0.6) is 0 Å². The van der Waals surface area contributed by atoms with E-state index in [2.05, 4.69) is 15.3 Å². The molecule has 0 aromatic carbocycles. The highest BCUT2D eigenvalue weighted by Gasteiger charge is 2.44. The monoisotopic (exact) mass is 299 g/mol. The summed E-state index contributed by atoms with van der Waals surface area (Å²) in [5.41, 5.74) is -1.72. The van der Waals surface area contributed by atoms with Crippen LogP contribution in [-0.2, 0) is 9.59 Å². The van der Waals surface area contributed by atoms with Gasteiger partial charge in [-0.3, -0.25) is 25.0 Å². The summed E-state index contributed by atoms with van der Waals surface area (Å²) < 4.78 is 0. The molecular weight excluding hydrogens is 290 g/mol. The molecule has 2 rings (SSSR count). The van der Waals surface area contributed by atoms with Crippen LogP contribution in [-0.4, -0.2) is 38.8 Å². The summed E-state index contributed by atoms with van der Waals surface area (Å²) in [5.74, 6) is -1.31. The molecule has 2 heterocycles. The Morgan fingerprint density at radius 2 is 2.10 bits per heavy atom. The van der Waals surface area contributed by atoms with Crippen molar-refractivity contribution >= 4 is 34.9 Å². The summed E-state index contributed by atoms with van der Waals surface area (Å²) in [6, 6.07) is 0. The number of halogens is 1. The number of imide groups is 1. The van der Waals surface area contributed by atoms with E-state index < -0.39 is 28.0 Å². The minimum atomic E-state index is -1.18. The maximum Gasteiger partial charge on any atom is 0.348 e. The molecule has 1 aliphatic rings. The molecule has 1 N–H and O–H groups in total. The molecule has 9 nitrogen and oxygen atoms in total. The number of hydrogen-bond acceptors (Lipinski definition) is 7. The van der Waals surface area contributed by atoms with Crippen molar-refractivity contribution in [3.63, 3.8) is 0 Å². The summed E-state index contributed by atoms with van der Waals surface area (Å²) in [5, 5.41) is 12.9. The predicted octanol–water partition coefficient (Wildman–Crippen LogP) is 0.280. The maximum absolute atomic E-state index is 11.9. The third-order valence-electron chi connectivity index (χ3n) is 2.98. The highest BCUT2D eigenvalue weighted by molar-refractivity contribution is 6.32. The molecule has 1 aromatic heterocycles. The van der Waals surface area contributed by atoms with E-state index in [0.717, 1.165) is 6.33 Å². The minimum Gasteiger partial charge on any atom is -0.327 e. The minimum absolute atomic E-state index is 0.164. The number of anilines is 1. The zero-order valence-electron chi connectivity index (χ0n) is 10.6.